The lowest BCUT2D eigenvalue weighted by molar-refractivity contribution is -0.194. The van der Waals surface area contributed by atoms with Crippen molar-refractivity contribution >= 4 is 11.9 Å². The molecule has 142 valence electrons. The van der Waals surface area contributed by atoms with E-state index in [1.54, 1.807) is 0 Å². The van der Waals surface area contributed by atoms with Gasteiger partial charge in [0, 0.05) is 5.56 Å². The van der Waals surface area contributed by atoms with E-state index in [0.717, 1.165) is 29.5 Å². The minimum Gasteiger partial charge on any atom is -0.465 e. The first-order chi connectivity index (χ1) is 12.6. The number of hydrogen-bond acceptors (Lipinski definition) is 6. The highest BCUT2D eigenvalue weighted by Gasteiger charge is 2.45. The zero-order valence-corrected chi connectivity index (χ0v) is 15.6. The van der Waals surface area contributed by atoms with Crippen molar-refractivity contribution < 1.29 is 28.8 Å². The lowest BCUT2D eigenvalue weighted by atomic mass is 9.69. The van der Waals surface area contributed by atoms with Crippen LogP contribution in [0.15, 0.2) is 12.1 Å². The lowest BCUT2D eigenvalue weighted by Crippen LogP contribution is -2.39. The third-order valence-corrected chi connectivity index (χ3v) is 4.96. The first-order valence-electron chi connectivity index (χ1n) is 9.35. The van der Waals surface area contributed by atoms with Crippen molar-refractivity contribution in [1.29, 1.82) is 0 Å². The van der Waals surface area contributed by atoms with Crippen LogP contribution in [0, 0.1) is 11.8 Å². The zero-order chi connectivity index (χ0) is 18.7. The maximum absolute atomic E-state index is 12.9. The second-order valence-electron chi connectivity index (χ2n) is 7.02. The summed E-state index contributed by atoms with van der Waals surface area (Å²) in [6.07, 6.45) is 2.16. The van der Waals surface area contributed by atoms with Crippen LogP contribution in [0.3, 0.4) is 0 Å². The van der Waals surface area contributed by atoms with Crippen LogP contribution in [0.5, 0.6) is 5.75 Å². The van der Waals surface area contributed by atoms with E-state index in [2.05, 4.69) is 0 Å². The number of fused-ring (bicyclic) bond motifs is 2. The molecule has 1 aliphatic carbocycles. The predicted octanol–water partition coefficient (Wildman–Crippen LogP) is 3.31. The minimum absolute atomic E-state index is 0.0357. The Morgan fingerprint density at radius 1 is 1.08 bits per heavy atom. The van der Waals surface area contributed by atoms with Gasteiger partial charge in [-0.25, -0.2) is 0 Å². The first-order valence-corrected chi connectivity index (χ1v) is 9.35. The van der Waals surface area contributed by atoms with E-state index in [4.69, 9.17) is 19.2 Å². The van der Waals surface area contributed by atoms with Gasteiger partial charge in [0.1, 0.15) is 6.61 Å². The van der Waals surface area contributed by atoms with Crippen molar-refractivity contribution in [2.75, 3.05) is 13.2 Å². The Morgan fingerprint density at radius 3 is 2.46 bits per heavy atom. The highest BCUT2D eigenvalue weighted by molar-refractivity contribution is 5.87. The van der Waals surface area contributed by atoms with Gasteiger partial charge >= 0.3 is 11.9 Å². The molecule has 1 aliphatic heterocycles. The number of carbonyl (C=O) groups excluding carboxylic acids is 2. The number of esters is 2. The molecular weight excluding hydrogens is 336 g/mol. The number of carbonyl (C=O) groups is 2. The molecule has 3 unspecified atom stereocenters. The summed E-state index contributed by atoms with van der Waals surface area (Å²) in [5, 5.41) is 0. The first kappa shape index (κ1) is 18.7. The van der Waals surface area contributed by atoms with Crippen molar-refractivity contribution in [2.24, 2.45) is 11.8 Å². The Morgan fingerprint density at radius 2 is 1.77 bits per heavy atom. The molecule has 0 radical (unpaired) electrons. The summed E-state index contributed by atoms with van der Waals surface area (Å²) < 4.78 is 10.8. The van der Waals surface area contributed by atoms with E-state index in [-0.39, 0.29) is 17.9 Å². The number of rotatable bonds is 6. The number of hydrogen-bond donors (Lipinski definition) is 0. The highest BCUT2D eigenvalue weighted by atomic mass is 17.2. The Bertz CT molecular complexity index is 683. The summed E-state index contributed by atoms with van der Waals surface area (Å²) in [7, 11) is 0. The summed E-state index contributed by atoms with van der Waals surface area (Å²) >= 11 is 0. The van der Waals surface area contributed by atoms with E-state index in [0.29, 0.717) is 32.0 Å². The van der Waals surface area contributed by atoms with E-state index in [1.165, 1.54) is 0 Å². The quantitative estimate of drug-likeness (QED) is 0.571. The summed E-state index contributed by atoms with van der Waals surface area (Å²) in [6.45, 7) is 6.90. The molecule has 0 bridgehead atoms. The third kappa shape index (κ3) is 3.56. The smallest absolute Gasteiger partial charge is 0.314 e. The number of benzene rings is 1. The van der Waals surface area contributed by atoms with Crippen LogP contribution in [-0.2, 0) is 37.0 Å². The maximum atomic E-state index is 12.9. The van der Waals surface area contributed by atoms with Crippen LogP contribution in [-0.4, -0.2) is 25.2 Å². The Balaban J connectivity index is 1.99. The molecule has 0 N–H and O–H groups in total. The second-order valence-corrected chi connectivity index (χ2v) is 7.02. The predicted molar refractivity (Wildman–Crippen MR) is 93.5 cm³/mol. The molecule has 1 aromatic rings. The topological polar surface area (TPSA) is 71.1 Å². The monoisotopic (exact) mass is 362 g/mol. The molecular formula is C20H26O6. The van der Waals surface area contributed by atoms with Gasteiger partial charge in [-0.05, 0) is 48.4 Å². The molecule has 0 saturated heterocycles. The van der Waals surface area contributed by atoms with E-state index in [1.807, 2.05) is 32.9 Å². The van der Waals surface area contributed by atoms with Gasteiger partial charge < -0.3 is 14.4 Å². The fourth-order valence-corrected chi connectivity index (χ4v) is 3.73. The normalized spacial score (nSPS) is 23.6. The molecule has 1 heterocycles. The molecule has 0 fully saturated rings. The average Bonchev–Trinajstić information content (AvgIpc) is 3.08. The van der Waals surface area contributed by atoms with Crippen LogP contribution in [0.4, 0.5) is 0 Å². The molecule has 1 aromatic carbocycles. The van der Waals surface area contributed by atoms with E-state index >= 15 is 0 Å². The fraction of sp³-hybridized carbons (Fsp3) is 0.600. The summed E-state index contributed by atoms with van der Waals surface area (Å²) in [5.41, 5.74) is 2.71. The Labute approximate surface area is 153 Å². The highest BCUT2D eigenvalue weighted by Crippen LogP contribution is 2.44. The van der Waals surface area contributed by atoms with Crippen LogP contribution in [0.1, 0.15) is 56.2 Å². The van der Waals surface area contributed by atoms with Gasteiger partial charge in [-0.1, -0.05) is 20.8 Å². The van der Waals surface area contributed by atoms with Crippen molar-refractivity contribution in [2.45, 2.75) is 52.6 Å². The van der Waals surface area contributed by atoms with E-state index < -0.39 is 11.8 Å². The van der Waals surface area contributed by atoms with Gasteiger partial charge in [0.2, 0.25) is 0 Å². The minimum atomic E-state index is -0.657. The van der Waals surface area contributed by atoms with Gasteiger partial charge in [0.05, 0.1) is 25.0 Å². The molecule has 0 saturated carbocycles. The molecule has 0 spiro atoms. The molecule has 3 rings (SSSR count). The second kappa shape index (κ2) is 8.08. The van der Waals surface area contributed by atoms with Gasteiger partial charge in [-0.15, -0.1) is 0 Å². The standard InChI is InChI=1S/C20H26O6/c1-4-6-23-19(21)17-12(3)8-13-10-16-14(11-25-26-16)9-15(13)18(17)20(22)24-7-5-2/h9-10,12,17-18H,4-8,11H2,1-3H3. The average molecular weight is 362 g/mol. The number of ether oxygens (including phenoxy) is 2. The van der Waals surface area contributed by atoms with Crippen LogP contribution in [0.25, 0.3) is 0 Å². The molecule has 6 heteroatoms. The largest absolute Gasteiger partial charge is 0.465 e. The van der Waals surface area contributed by atoms with Gasteiger partial charge in [-0.3, -0.25) is 9.59 Å². The SMILES string of the molecule is CCCOC(=O)C1c2cc3c(cc2CC(C)C1C(=O)OCCC)OOC3. The van der Waals surface area contributed by atoms with Gasteiger partial charge in [0.15, 0.2) is 5.75 Å². The van der Waals surface area contributed by atoms with Crippen molar-refractivity contribution in [3.05, 3.63) is 28.8 Å². The summed E-state index contributed by atoms with van der Waals surface area (Å²) in [4.78, 5) is 35.8. The van der Waals surface area contributed by atoms with Crippen LogP contribution in [0.2, 0.25) is 0 Å². The summed E-state index contributed by atoms with van der Waals surface area (Å²) in [6, 6.07) is 3.84. The lowest BCUT2D eigenvalue weighted by Gasteiger charge is -2.35. The van der Waals surface area contributed by atoms with Crippen molar-refractivity contribution in [3.63, 3.8) is 0 Å². The van der Waals surface area contributed by atoms with Crippen molar-refractivity contribution in [1.82, 2.24) is 0 Å². The van der Waals surface area contributed by atoms with Crippen molar-refractivity contribution in [3.8, 4) is 5.75 Å². The molecule has 6 nitrogen and oxygen atoms in total. The maximum Gasteiger partial charge on any atom is 0.314 e. The Kier molecular flexibility index (Phi) is 5.81. The fourth-order valence-electron chi connectivity index (χ4n) is 3.73. The molecule has 0 aromatic heterocycles. The Hall–Kier alpha value is -2.08. The molecule has 3 atom stereocenters. The molecule has 0 amide bonds. The summed E-state index contributed by atoms with van der Waals surface area (Å²) in [5.74, 6) is -1.24. The van der Waals surface area contributed by atoms with Crippen LogP contribution < -0.4 is 4.89 Å². The van der Waals surface area contributed by atoms with Crippen LogP contribution >= 0.6 is 0 Å². The van der Waals surface area contributed by atoms with Gasteiger partial charge in [0.25, 0.3) is 0 Å². The molecule has 26 heavy (non-hydrogen) atoms. The zero-order valence-electron chi connectivity index (χ0n) is 15.6. The van der Waals surface area contributed by atoms with E-state index in [9.17, 15) is 9.59 Å². The van der Waals surface area contributed by atoms with Gasteiger partial charge in [-0.2, -0.15) is 4.89 Å². The molecule has 2 aliphatic rings. The third-order valence-electron chi connectivity index (χ3n) is 4.96.